The number of nitrogens with zero attached hydrogens (tertiary/aromatic N) is 3. The van der Waals surface area contributed by atoms with Gasteiger partial charge in [0.1, 0.15) is 0 Å². The topological polar surface area (TPSA) is 84.3 Å². The van der Waals surface area contributed by atoms with Crippen molar-refractivity contribution >= 4 is 31.9 Å². The third-order valence-electron chi connectivity index (χ3n) is 3.60. The molecule has 0 fully saturated rings. The van der Waals surface area contributed by atoms with Crippen LogP contribution in [0.2, 0.25) is 0 Å². The molecule has 0 atom stereocenters. The number of carbonyl (C=O) groups is 1. The second kappa shape index (κ2) is 9.12. The third kappa shape index (κ3) is 5.65. The molecule has 0 unspecified atom stereocenters. The first kappa shape index (κ1) is 19.6. The number of rotatable bonds is 9. The third-order valence-corrected chi connectivity index (χ3v) is 6.06. The number of halogens is 1. The van der Waals surface area contributed by atoms with Crippen molar-refractivity contribution in [1.82, 2.24) is 19.2 Å². The number of sulfonamides is 1. The van der Waals surface area contributed by atoms with Crippen LogP contribution >= 0.6 is 15.9 Å². The summed E-state index contributed by atoms with van der Waals surface area (Å²) in [5, 5.41) is 2.76. The molecule has 2 aromatic rings. The Labute approximate surface area is 156 Å². The number of nitrogens with one attached hydrogen (secondary N) is 1. The number of likely N-dealkylation sites (N-methyl/N-ethyl adjacent to an activating group) is 1. The van der Waals surface area contributed by atoms with Gasteiger partial charge in [-0.1, -0.05) is 22.9 Å². The summed E-state index contributed by atoms with van der Waals surface area (Å²) in [7, 11) is -3.69. The predicted octanol–water partition coefficient (Wildman–Crippen LogP) is 1.86. The van der Waals surface area contributed by atoms with E-state index >= 15 is 0 Å². The van der Waals surface area contributed by atoms with Gasteiger partial charge >= 0.3 is 0 Å². The molecular formula is C16H21BrN4O3S. The Morgan fingerprint density at radius 2 is 2.04 bits per heavy atom. The first-order chi connectivity index (χ1) is 11.9. The predicted molar refractivity (Wildman–Crippen MR) is 98.4 cm³/mol. The minimum absolute atomic E-state index is 0.172. The van der Waals surface area contributed by atoms with E-state index in [1.54, 1.807) is 31.6 Å². The van der Waals surface area contributed by atoms with Crippen LogP contribution in [0.5, 0.6) is 0 Å². The van der Waals surface area contributed by atoms with Crippen LogP contribution in [-0.2, 0) is 21.4 Å². The molecule has 1 aromatic heterocycles. The van der Waals surface area contributed by atoms with Crippen molar-refractivity contribution in [3.63, 3.8) is 0 Å². The molecule has 2 rings (SSSR count). The molecular weight excluding hydrogens is 408 g/mol. The van der Waals surface area contributed by atoms with E-state index in [2.05, 4.69) is 26.2 Å². The second-order valence-electron chi connectivity index (χ2n) is 5.39. The minimum atomic E-state index is -3.69. The van der Waals surface area contributed by atoms with E-state index in [0.29, 0.717) is 6.54 Å². The summed E-state index contributed by atoms with van der Waals surface area (Å²) in [6.07, 6.45) is 6.01. The van der Waals surface area contributed by atoms with Crippen molar-refractivity contribution in [2.45, 2.75) is 24.8 Å². The van der Waals surface area contributed by atoms with Gasteiger partial charge in [0.15, 0.2) is 0 Å². The van der Waals surface area contributed by atoms with E-state index in [4.69, 9.17) is 0 Å². The molecule has 0 saturated heterocycles. The molecule has 0 aliphatic carbocycles. The van der Waals surface area contributed by atoms with Crippen LogP contribution in [0, 0.1) is 0 Å². The van der Waals surface area contributed by atoms with Gasteiger partial charge in [-0.05, 0) is 30.7 Å². The first-order valence-corrected chi connectivity index (χ1v) is 10.1. The Kier molecular flexibility index (Phi) is 7.15. The molecule has 1 amide bonds. The Morgan fingerprint density at radius 3 is 2.64 bits per heavy atom. The molecule has 0 radical (unpaired) electrons. The molecule has 1 aromatic carbocycles. The van der Waals surface area contributed by atoms with Gasteiger partial charge in [0, 0.05) is 36.5 Å². The van der Waals surface area contributed by atoms with E-state index < -0.39 is 10.0 Å². The fourth-order valence-corrected chi connectivity index (χ4v) is 3.92. The number of amides is 1. The lowest BCUT2D eigenvalue weighted by Gasteiger charge is -2.20. The Bertz CT molecular complexity index is 776. The first-order valence-electron chi connectivity index (χ1n) is 7.91. The average molecular weight is 429 g/mol. The Hall–Kier alpha value is -1.71. The standard InChI is InChI=1S/C16H21BrN4O3S/c1-2-21(25(23,24)15-6-4-14(17)5-7-15)12-16(22)19-8-3-10-20-11-9-18-13-20/h4-7,9,11,13H,2-3,8,10,12H2,1H3,(H,19,22). The fourth-order valence-electron chi connectivity index (χ4n) is 2.25. The highest BCUT2D eigenvalue weighted by molar-refractivity contribution is 9.10. The average Bonchev–Trinajstić information content (AvgIpc) is 3.10. The summed E-state index contributed by atoms with van der Waals surface area (Å²) in [6, 6.07) is 6.37. The fraction of sp³-hybridized carbons (Fsp3) is 0.375. The minimum Gasteiger partial charge on any atom is -0.355 e. The van der Waals surface area contributed by atoms with Gasteiger partial charge in [0.25, 0.3) is 0 Å². The van der Waals surface area contributed by atoms with Crippen molar-refractivity contribution in [3.8, 4) is 0 Å². The molecule has 0 spiro atoms. The van der Waals surface area contributed by atoms with Crippen LogP contribution in [0.3, 0.4) is 0 Å². The number of imidazole rings is 1. The number of aryl methyl sites for hydroxylation is 1. The quantitative estimate of drug-likeness (QED) is 0.617. The largest absolute Gasteiger partial charge is 0.355 e. The van der Waals surface area contributed by atoms with Crippen LogP contribution in [0.1, 0.15) is 13.3 Å². The highest BCUT2D eigenvalue weighted by atomic mass is 79.9. The van der Waals surface area contributed by atoms with E-state index in [9.17, 15) is 13.2 Å². The zero-order valence-corrected chi connectivity index (χ0v) is 16.3. The number of aromatic nitrogens is 2. The Balaban J connectivity index is 1.87. The van der Waals surface area contributed by atoms with Gasteiger partial charge in [-0.15, -0.1) is 0 Å². The summed E-state index contributed by atoms with van der Waals surface area (Å²) in [5.74, 6) is -0.312. The SMILES string of the molecule is CCN(CC(=O)NCCCn1ccnc1)S(=O)(=O)c1ccc(Br)cc1. The molecule has 25 heavy (non-hydrogen) atoms. The molecule has 0 aliphatic rings. The van der Waals surface area contributed by atoms with Crippen LogP contribution in [0.4, 0.5) is 0 Å². The molecule has 136 valence electrons. The molecule has 9 heteroatoms. The maximum absolute atomic E-state index is 12.6. The summed E-state index contributed by atoms with van der Waals surface area (Å²) >= 11 is 3.28. The van der Waals surface area contributed by atoms with Gasteiger partial charge in [0.05, 0.1) is 17.8 Å². The number of hydrogen-bond acceptors (Lipinski definition) is 4. The summed E-state index contributed by atoms with van der Waals surface area (Å²) in [6.45, 7) is 2.96. The zero-order valence-electron chi connectivity index (χ0n) is 13.9. The molecule has 0 saturated carbocycles. The summed E-state index contributed by atoms with van der Waals surface area (Å²) in [5.41, 5.74) is 0. The zero-order chi connectivity index (χ0) is 18.3. The number of benzene rings is 1. The van der Waals surface area contributed by atoms with Crippen molar-refractivity contribution < 1.29 is 13.2 Å². The van der Waals surface area contributed by atoms with Crippen LogP contribution < -0.4 is 5.32 Å². The van der Waals surface area contributed by atoms with Gasteiger partial charge in [-0.25, -0.2) is 13.4 Å². The summed E-state index contributed by atoms with van der Waals surface area (Å²) in [4.78, 5) is 16.2. The molecule has 7 nitrogen and oxygen atoms in total. The highest BCUT2D eigenvalue weighted by Gasteiger charge is 2.24. The normalized spacial score (nSPS) is 11.6. The molecule has 0 bridgehead atoms. The van der Waals surface area contributed by atoms with E-state index in [1.807, 2.05) is 10.8 Å². The monoisotopic (exact) mass is 428 g/mol. The van der Waals surface area contributed by atoms with Gasteiger partial charge < -0.3 is 9.88 Å². The van der Waals surface area contributed by atoms with Crippen molar-refractivity contribution in [3.05, 3.63) is 47.5 Å². The van der Waals surface area contributed by atoms with Gasteiger partial charge in [-0.3, -0.25) is 4.79 Å². The lowest BCUT2D eigenvalue weighted by molar-refractivity contribution is -0.121. The maximum atomic E-state index is 12.6. The Morgan fingerprint density at radius 1 is 1.32 bits per heavy atom. The van der Waals surface area contributed by atoms with Crippen molar-refractivity contribution in [1.29, 1.82) is 0 Å². The van der Waals surface area contributed by atoms with Crippen molar-refractivity contribution in [2.75, 3.05) is 19.6 Å². The van der Waals surface area contributed by atoms with Crippen LogP contribution in [0.25, 0.3) is 0 Å². The van der Waals surface area contributed by atoms with Gasteiger partial charge in [-0.2, -0.15) is 4.31 Å². The molecule has 1 N–H and O–H groups in total. The number of carbonyl (C=O) groups excluding carboxylic acids is 1. The molecule has 0 aliphatic heterocycles. The van der Waals surface area contributed by atoms with Crippen LogP contribution in [-0.4, -0.2) is 47.8 Å². The smallest absolute Gasteiger partial charge is 0.243 e. The van der Waals surface area contributed by atoms with E-state index in [0.717, 1.165) is 17.4 Å². The van der Waals surface area contributed by atoms with Crippen LogP contribution in [0.15, 0.2) is 52.4 Å². The van der Waals surface area contributed by atoms with Crippen molar-refractivity contribution in [2.24, 2.45) is 0 Å². The number of hydrogen-bond donors (Lipinski definition) is 1. The lowest BCUT2D eigenvalue weighted by Crippen LogP contribution is -2.40. The van der Waals surface area contributed by atoms with E-state index in [1.165, 1.54) is 16.4 Å². The van der Waals surface area contributed by atoms with E-state index in [-0.39, 0.29) is 23.9 Å². The maximum Gasteiger partial charge on any atom is 0.243 e. The lowest BCUT2D eigenvalue weighted by atomic mass is 10.4. The summed E-state index contributed by atoms with van der Waals surface area (Å²) < 4.78 is 29.1. The second-order valence-corrected chi connectivity index (χ2v) is 8.24. The van der Waals surface area contributed by atoms with Gasteiger partial charge in [0.2, 0.25) is 15.9 Å². The molecule has 1 heterocycles. The highest BCUT2D eigenvalue weighted by Crippen LogP contribution is 2.18.